The summed E-state index contributed by atoms with van der Waals surface area (Å²) in [7, 11) is 0. The van der Waals surface area contributed by atoms with Gasteiger partial charge in [-0.25, -0.2) is 4.98 Å². The SMILES string of the molecule is O=C(CN1CSCC1=O)NC(c1ccccc1)c1ccc2nc[nH]c2c1. The lowest BCUT2D eigenvalue weighted by Gasteiger charge is -2.22. The molecule has 1 aliphatic rings. The molecule has 2 N–H and O–H groups in total. The average Bonchev–Trinajstić information content (AvgIpc) is 3.29. The predicted octanol–water partition coefficient (Wildman–Crippen LogP) is 2.30. The van der Waals surface area contributed by atoms with Gasteiger partial charge in [-0.3, -0.25) is 9.59 Å². The maximum absolute atomic E-state index is 12.6. The summed E-state index contributed by atoms with van der Waals surface area (Å²) in [5.74, 6) is 0.869. The Kier molecular flexibility index (Phi) is 4.62. The Morgan fingerprint density at radius 1 is 1.23 bits per heavy atom. The van der Waals surface area contributed by atoms with E-state index in [9.17, 15) is 9.59 Å². The molecule has 132 valence electrons. The minimum Gasteiger partial charge on any atom is -0.345 e. The predicted molar refractivity (Wildman–Crippen MR) is 102 cm³/mol. The molecule has 26 heavy (non-hydrogen) atoms. The van der Waals surface area contributed by atoms with E-state index in [0.29, 0.717) is 11.6 Å². The number of hydrogen-bond donors (Lipinski definition) is 2. The molecule has 1 atom stereocenters. The number of hydrogen-bond acceptors (Lipinski definition) is 4. The standard InChI is InChI=1S/C19H18N4O2S/c24-17(9-23-12-26-10-18(23)25)22-19(13-4-2-1-3-5-13)14-6-7-15-16(8-14)21-11-20-15/h1-8,11,19H,9-10,12H2,(H,20,21)(H,22,24). The number of carbonyl (C=O) groups is 2. The van der Waals surface area contributed by atoms with Crippen LogP contribution in [0.15, 0.2) is 54.9 Å². The van der Waals surface area contributed by atoms with Crippen molar-refractivity contribution in [2.75, 3.05) is 18.2 Å². The van der Waals surface area contributed by atoms with Crippen LogP contribution < -0.4 is 5.32 Å². The van der Waals surface area contributed by atoms with Crippen LogP contribution in [0.2, 0.25) is 0 Å². The molecule has 0 saturated carbocycles. The first kappa shape index (κ1) is 16.7. The van der Waals surface area contributed by atoms with Crippen molar-refractivity contribution in [3.63, 3.8) is 0 Å². The number of carbonyl (C=O) groups excluding carboxylic acids is 2. The van der Waals surface area contributed by atoms with Gasteiger partial charge < -0.3 is 15.2 Å². The van der Waals surface area contributed by atoms with Gasteiger partial charge in [0.15, 0.2) is 0 Å². The number of aromatic nitrogens is 2. The zero-order chi connectivity index (χ0) is 17.9. The van der Waals surface area contributed by atoms with Crippen LogP contribution in [0.3, 0.4) is 0 Å². The number of H-pyrrole nitrogens is 1. The van der Waals surface area contributed by atoms with Gasteiger partial charge >= 0.3 is 0 Å². The summed E-state index contributed by atoms with van der Waals surface area (Å²) in [5.41, 5.74) is 3.75. The van der Waals surface area contributed by atoms with Gasteiger partial charge in [-0.2, -0.15) is 0 Å². The van der Waals surface area contributed by atoms with Gasteiger partial charge in [0, 0.05) is 0 Å². The highest BCUT2D eigenvalue weighted by Crippen LogP contribution is 2.25. The summed E-state index contributed by atoms with van der Waals surface area (Å²) in [6.07, 6.45) is 1.65. The minimum atomic E-state index is -0.290. The first-order chi connectivity index (χ1) is 12.7. The summed E-state index contributed by atoms with van der Waals surface area (Å²) in [6.45, 7) is 0.0848. The Labute approximate surface area is 155 Å². The molecule has 2 aromatic carbocycles. The smallest absolute Gasteiger partial charge is 0.240 e. The van der Waals surface area contributed by atoms with Gasteiger partial charge in [0.05, 0.1) is 35.0 Å². The van der Waals surface area contributed by atoms with Crippen molar-refractivity contribution in [1.82, 2.24) is 20.2 Å². The highest BCUT2D eigenvalue weighted by Gasteiger charge is 2.25. The highest BCUT2D eigenvalue weighted by atomic mass is 32.2. The lowest BCUT2D eigenvalue weighted by atomic mass is 9.98. The number of nitrogens with zero attached hydrogens (tertiary/aromatic N) is 2. The van der Waals surface area contributed by atoms with Gasteiger partial charge in [0.1, 0.15) is 6.54 Å². The number of rotatable bonds is 5. The second-order valence-electron chi connectivity index (χ2n) is 6.16. The maximum atomic E-state index is 12.6. The molecule has 4 rings (SSSR count). The molecule has 2 heterocycles. The molecule has 1 unspecified atom stereocenters. The van der Waals surface area contributed by atoms with Crippen molar-refractivity contribution in [3.05, 3.63) is 66.0 Å². The molecule has 1 aliphatic heterocycles. The second-order valence-corrected chi connectivity index (χ2v) is 7.11. The molecule has 0 radical (unpaired) electrons. The molecular formula is C19H18N4O2S. The third-order valence-electron chi connectivity index (χ3n) is 4.38. The molecular weight excluding hydrogens is 348 g/mol. The van der Waals surface area contributed by atoms with E-state index in [4.69, 9.17) is 0 Å². The molecule has 1 saturated heterocycles. The van der Waals surface area contributed by atoms with Crippen LogP contribution in [0.5, 0.6) is 0 Å². The Hall–Kier alpha value is -2.80. The number of thioether (sulfide) groups is 1. The van der Waals surface area contributed by atoms with Crippen molar-refractivity contribution in [1.29, 1.82) is 0 Å². The van der Waals surface area contributed by atoms with Gasteiger partial charge in [-0.05, 0) is 23.3 Å². The topological polar surface area (TPSA) is 78.1 Å². The zero-order valence-corrected chi connectivity index (χ0v) is 14.8. The maximum Gasteiger partial charge on any atom is 0.240 e. The Bertz CT molecular complexity index is 941. The van der Waals surface area contributed by atoms with E-state index in [-0.39, 0.29) is 24.4 Å². The third-order valence-corrected chi connectivity index (χ3v) is 5.32. The number of fused-ring (bicyclic) bond motifs is 1. The molecule has 7 heteroatoms. The average molecular weight is 366 g/mol. The number of nitrogens with one attached hydrogen (secondary N) is 2. The van der Waals surface area contributed by atoms with Crippen LogP contribution in [0.4, 0.5) is 0 Å². The highest BCUT2D eigenvalue weighted by molar-refractivity contribution is 8.00. The van der Waals surface area contributed by atoms with Crippen molar-refractivity contribution in [3.8, 4) is 0 Å². The molecule has 0 aliphatic carbocycles. The van der Waals surface area contributed by atoms with Gasteiger partial charge in [0.25, 0.3) is 0 Å². The number of aromatic amines is 1. The fourth-order valence-corrected chi connectivity index (χ4v) is 3.96. The third kappa shape index (κ3) is 3.43. The van der Waals surface area contributed by atoms with Crippen LogP contribution in [0.1, 0.15) is 17.2 Å². The van der Waals surface area contributed by atoms with Gasteiger partial charge in [-0.15, -0.1) is 11.8 Å². The number of benzene rings is 2. The zero-order valence-electron chi connectivity index (χ0n) is 14.0. The minimum absolute atomic E-state index is 0.0142. The molecule has 0 spiro atoms. The van der Waals surface area contributed by atoms with E-state index < -0.39 is 0 Å². The van der Waals surface area contributed by atoms with E-state index in [0.717, 1.165) is 22.2 Å². The second kappa shape index (κ2) is 7.21. The largest absolute Gasteiger partial charge is 0.345 e. The first-order valence-corrected chi connectivity index (χ1v) is 9.49. The van der Waals surface area contributed by atoms with Gasteiger partial charge in [-0.1, -0.05) is 36.4 Å². The molecule has 6 nitrogen and oxygen atoms in total. The molecule has 2 amide bonds. The Morgan fingerprint density at radius 2 is 2.08 bits per heavy atom. The van der Waals surface area contributed by atoms with Crippen LogP contribution in [0, 0.1) is 0 Å². The first-order valence-electron chi connectivity index (χ1n) is 8.33. The van der Waals surface area contributed by atoms with E-state index in [1.54, 1.807) is 11.2 Å². The molecule has 0 bridgehead atoms. The lowest BCUT2D eigenvalue weighted by Crippen LogP contribution is -2.40. The fourth-order valence-electron chi connectivity index (χ4n) is 3.06. The molecule has 1 fully saturated rings. The van der Waals surface area contributed by atoms with Crippen LogP contribution in [-0.4, -0.2) is 44.9 Å². The van der Waals surface area contributed by atoms with Crippen LogP contribution in [-0.2, 0) is 9.59 Å². The van der Waals surface area contributed by atoms with Crippen molar-refractivity contribution < 1.29 is 9.59 Å². The van der Waals surface area contributed by atoms with Crippen molar-refractivity contribution >= 4 is 34.6 Å². The fraction of sp³-hybridized carbons (Fsp3) is 0.211. The van der Waals surface area contributed by atoms with Crippen molar-refractivity contribution in [2.45, 2.75) is 6.04 Å². The van der Waals surface area contributed by atoms with Crippen molar-refractivity contribution in [2.24, 2.45) is 0 Å². The quantitative estimate of drug-likeness (QED) is 0.726. The van der Waals surface area contributed by atoms with E-state index in [1.807, 2.05) is 48.5 Å². The summed E-state index contributed by atoms with van der Waals surface area (Å²) in [5, 5.41) is 3.08. The molecule has 1 aromatic heterocycles. The summed E-state index contributed by atoms with van der Waals surface area (Å²) in [4.78, 5) is 33.3. The summed E-state index contributed by atoms with van der Waals surface area (Å²) < 4.78 is 0. The van der Waals surface area contributed by atoms with Crippen LogP contribution >= 0.6 is 11.8 Å². The van der Waals surface area contributed by atoms with Crippen LogP contribution in [0.25, 0.3) is 11.0 Å². The summed E-state index contributed by atoms with van der Waals surface area (Å²) in [6, 6.07) is 15.4. The Morgan fingerprint density at radius 3 is 2.85 bits per heavy atom. The Balaban J connectivity index is 1.60. The number of amides is 2. The van der Waals surface area contributed by atoms with E-state index >= 15 is 0 Å². The van der Waals surface area contributed by atoms with E-state index in [1.165, 1.54) is 11.8 Å². The lowest BCUT2D eigenvalue weighted by molar-refractivity contribution is -0.132. The van der Waals surface area contributed by atoms with Gasteiger partial charge in [0.2, 0.25) is 11.8 Å². The summed E-state index contributed by atoms with van der Waals surface area (Å²) >= 11 is 1.53. The van der Waals surface area contributed by atoms with E-state index in [2.05, 4.69) is 15.3 Å². The molecule has 3 aromatic rings. The number of imidazole rings is 1. The monoisotopic (exact) mass is 366 g/mol. The normalized spacial score (nSPS) is 15.4.